The molecule has 38 heavy (non-hydrogen) atoms. The SMILES string of the molecule is O=C(Nc1ccc2c(c1)OCCO2)C(F)(F)C(F)(F)C(F)(F)C(F)(F)C(F)(F)C(F)(F)C(F)(F)C(F)(F)F. The molecule has 0 unspecified atom stereocenters. The first-order valence-electron chi connectivity index (χ1n) is 9.14. The van der Waals surface area contributed by atoms with Crippen molar-refractivity contribution in [2.75, 3.05) is 18.5 Å². The number of alkyl halides is 17. The molecule has 0 aliphatic carbocycles. The first-order chi connectivity index (χ1) is 16.7. The molecule has 0 radical (unpaired) electrons. The molecule has 1 aromatic rings. The van der Waals surface area contributed by atoms with Gasteiger partial charge in [0.15, 0.2) is 11.5 Å². The second kappa shape index (κ2) is 8.82. The van der Waals surface area contributed by atoms with E-state index in [2.05, 4.69) is 0 Å². The van der Waals surface area contributed by atoms with Crippen molar-refractivity contribution in [2.24, 2.45) is 0 Å². The number of fused-ring (bicyclic) bond motifs is 1. The molecule has 0 fully saturated rings. The Bertz CT molecular complexity index is 1070. The van der Waals surface area contributed by atoms with Gasteiger partial charge in [-0.3, -0.25) is 4.79 Å². The zero-order chi connectivity index (χ0) is 30.0. The van der Waals surface area contributed by atoms with Gasteiger partial charge in [0, 0.05) is 11.8 Å². The van der Waals surface area contributed by atoms with Gasteiger partial charge in [-0.05, 0) is 12.1 Å². The van der Waals surface area contributed by atoms with E-state index in [0.29, 0.717) is 12.1 Å². The molecule has 0 saturated heterocycles. The van der Waals surface area contributed by atoms with E-state index in [0.717, 1.165) is 11.4 Å². The van der Waals surface area contributed by atoms with Crippen LogP contribution in [-0.4, -0.2) is 66.8 Å². The van der Waals surface area contributed by atoms with E-state index in [9.17, 15) is 79.4 Å². The molecule has 1 aliphatic rings. The monoisotopic (exact) mass is 597 g/mol. The fourth-order valence-electron chi connectivity index (χ4n) is 2.64. The summed E-state index contributed by atoms with van der Waals surface area (Å²) < 4.78 is 235. The highest BCUT2D eigenvalue weighted by atomic mass is 19.4. The summed E-state index contributed by atoms with van der Waals surface area (Å²) in [6.07, 6.45) is -7.85. The van der Waals surface area contributed by atoms with Crippen molar-refractivity contribution >= 4 is 11.6 Å². The summed E-state index contributed by atoms with van der Waals surface area (Å²) >= 11 is 0. The lowest BCUT2D eigenvalue weighted by Crippen LogP contribution is -2.75. The van der Waals surface area contributed by atoms with Crippen molar-refractivity contribution in [3.63, 3.8) is 0 Å². The number of amides is 1. The molecule has 1 amide bonds. The molecule has 0 spiro atoms. The molecule has 0 bridgehead atoms. The van der Waals surface area contributed by atoms with Crippen molar-refractivity contribution < 1.29 is 88.9 Å². The highest BCUT2D eigenvalue weighted by Gasteiger charge is 2.95. The Labute approximate surface area is 197 Å². The van der Waals surface area contributed by atoms with Gasteiger partial charge in [-0.15, -0.1) is 0 Å². The van der Waals surface area contributed by atoms with Crippen LogP contribution in [-0.2, 0) is 4.79 Å². The van der Waals surface area contributed by atoms with Crippen molar-refractivity contribution in [1.29, 1.82) is 0 Å². The van der Waals surface area contributed by atoms with Crippen molar-refractivity contribution in [1.82, 2.24) is 0 Å². The number of anilines is 1. The molecule has 1 N–H and O–H groups in total. The summed E-state index contributed by atoms with van der Waals surface area (Å²) in [4.78, 5) is 11.6. The summed E-state index contributed by atoms with van der Waals surface area (Å²) in [6, 6.07) is 1.94. The van der Waals surface area contributed by atoms with E-state index < -0.39 is 59.2 Å². The Kier molecular flexibility index (Phi) is 7.27. The lowest BCUT2D eigenvalue weighted by Gasteiger charge is -2.42. The minimum atomic E-state index is -8.77. The molecule has 1 aromatic carbocycles. The number of nitrogens with one attached hydrogen (secondary N) is 1. The minimum absolute atomic E-state index is 0.0507. The maximum absolute atomic E-state index is 14.0. The summed E-state index contributed by atoms with van der Waals surface area (Å²) in [7, 11) is 0. The van der Waals surface area contributed by atoms with Gasteiger partial charge in [0.1, 0.15) is 13.2 Å². The van der Waals surface area contributed by atoms with E-state index in [1.54, 1.807) is 0 Å². The molecule has 21 heteroatoms. The number of benzene rings is 1. The molecule has 4 nitrogen and oxygen atoms in total. The zero-order valence-corrected chi connectivity index (χ0v) is 17.3. The van der Waals surface area contributed by atoms with Crippen LogP contribution in [0.4, 0.5) is 80.3 Å². The van der Waals surface area contributed by atoms with E-state index in [1.807, 2.05) is 0 Å². The predicted molar refractivity (Wildman–Crippen MR) is 86.7 cm³/mol. The highest BCUT2D eigenvalue weighted by molar-refractivity contribution is 5.97. The summed E-state index contributed by atoms with van der Waals surface area (Å²) in [5.41, 5.74) is -1.01. The number of halogens is 17. The Morgan fingerprint density at radius 1 is 0.579 bits per heavy atom. The predicted octanol–water partition coefficient (Wildman–Crippen LogP) is 6.41. The van der Waals surface area contributed by atoms with Crippen molar-refractivity contribution in [3.05, 3.63) is 18.2 Å². The van der Waals surface area contributed by atoms with E-state index in [-0.39, 0.29) is 24.7 Å². The van der Waals surface area contributed by atoms with Gasteiger partial charge >= 0.3 is 53.5 Å². The van der Waals surface area contributed by atoms with Crippen molar-refractivity contribution in [3.8, 4) is 11.5 Å². The molecule has 1 heterocycles. The Balaban J connectivity index is 2.49. The maximum atomic E-state index is 14.0. The smallest absolute Gasteiger partial charge is 0.460 e. The summed E-state index contributed by atoms with van der Waals surface area (Å²) in [6.45, 7) is -0.239. The lowest BCUT2D eigenvalue weighted by atomic mass is 9.89. The molecule has 0 atom stereocenters. The average Bonchev–Trinajstić information content (AvgIpc) is 2.77. The third-order valence-electron chi connectivity index (χ3n) is 4.81. The van der Waals surface area contributed by atoms with Crippen LogP contribution in [0.25, 0.3) is 0 Å². The number of hydrogen-bond donors (Lipinski definition) is 1. The maximum Gasteiger partial charge on any atom is 0.460 e. The van der Waals surface area contributed by atoms with Crippen LogP contribution in [0.1, 0.15) is 0 Å². The van der Waals surface area contributed by atoms with Gasteiger partial charge in [-0.25, -0.2) is 0 Å². The quantitative estimate of drug-likeness (QED) is 0.353. The second-order valence-corrected chi connectivity index (χ2v) is 7.33. The van der Waals surface area contributed by atoms with Crippen LogP contribution in [0, 0.1) is 0 Å². The van der Waals surface area contributed by atoms with Gasteiger partial charge < -0.3 is 14.8 Å². The van der Waals surface area contributed by atoms with Crippen LogP contribution in [0.15, 0.2) is 18.2 Å². The van der Waals surface area contributed by atoms with E-state index >= 15 is 0 Å². The number of hydrogen-bond acceptors (Lipinski definition) is 3. The molecule has 0 aromatic heterocycles. The van der Waals surface area contributed by atoms with Crippen molar-refractivity contribution in [2.45, 2.75) is 47.6 Å². The fourth-order valence-corrected chi connectivity index (χ4v) is 2.64. The summed E-state index contributed by atoms with van der Waals surface area (Å²) in [5, 5.41) is 0.788. The van der Waals surface area contributed by atoms with Gasteiger partial charge in [0.2, 0.25) is 0 Å². The van der Waals surface area contributed by atoms with Crippen LogP contribution in [0.3, 0.4) is 0 Å². The molecular weight excluding hydrogens is 589 g/mol. The van der Waals surface area contributed by atoms with Crippen LogP contribution < -0.4 is 14.8 Å². The number of rotatable bonds is 8. The van der Waals surface area contributed by atoms with Crippen LogP contribution in [0.5, 0.6) is 11.5 Å². The van der Waals surface area contributed by atoms with Crippen LogP contribution >= 0.6 is 0 Å². The molecular formula is C17H8F17NO3. The number of ether oxygens (including phenoxy) is 2. The number of carbonyl (C=O) groups excluding carboxylic acids is 1. The fraction of sp³-hybridized carbons (Fsp3) is 0.588. The first kappa shape index (κ1) is 31.3. The van der Waals surface area contributed by atoms with Gasteiger partial charge in [0.05, 0.1) is 0 Å². The summed E-state index contributed by atoms with van der Waals surface area (Å²) in [5.74, 6) is -62.4. The molecule has 1 aliphatic heterocycles. The van der Waals surface area contributed by atoms with Gasteiger partial charge in [0.25, 0.3) is 0 Å². The highest BCUT2D eigenvalue weighted by Crippen LogP contribution is 2.64. The van der Waals surface area contributed by atoms with E-state index in [4.69, 9.17) is 9.47 Å². The minimum Gasteiger partial charge on any atom is -0.486 e. The Morgan fingerprint density at radius 3 is 1.42 bits per heavy atom. The second-order valence-electron chi connectivity index (χ2n) is 7.33. The van der Waals surface area contributed by atoms with Gasteiger partial charge in [-0.2, -0.15) is 74.6 Å². The number of carbonyl (C=O) groups is 1. The average molecular weight is 597 g/mol. The van der Waals surface area contributed by atoms with E-state index in [1.165, 1.54) is 0 Å². The van der Waals surface area contributed by atoms with Gasteiger partial charge in [-0.1, -0.05) is 0 Å². The Morgan fingerprint density at radius 2 is 0.974 bits per heavy atom. The van der Waals surface area contributed by atoms with Crippen LogP contribution in [0.2, 0.25) is 0 Å². The standard InChI is InChI=1S/C17H8F17NO3/c18-10(19,9(36)35-6-1-2-7-8(5-6)38-4-3-37-7)11(20,21)12(22,23)13(24,25)14(26,27)15(28,29)16(30,31)17(32,33)34/h1-2,5H,3-4H2,(H,35,36). The first-order valence-corrected chi connectivity index (χ1v) is 9.14. The molecule has 0 saturated carbocycles. The third kappa shape index (κ3) is 4.20. The molecule has 2 rings (SSSR count). The third-order valence-corrected chi connectivity index (χ3v) is 4.81. The molecule has 218 valence electrons. The zero-order valence-electron chi connectivity index (χ0n) is 17.3. The topological polar surface area (TPSA) is 47.6 Å². The lowest BCUT2D eigenvalue weighted by molar-refractivity contribution is -0.459. The Hall–Kier alpha value is -2.90. The normalized spacial score (nSPS) is 16.3. The largest absolute Gasteiger partial charge is 0.486 e.